The molecule has 0 N–H and O–H groups in total. The molecule has 1 aromatic rings. The van der Waals surface area contributed by atoms with Gasteiger partial charge in [-0.25, -0.2) is 0 Å². The molecule has 52 heavy (non-hydrogen) atoms. The maximum absolute atomic E-state index is 14.4. The molecule has 0 bridgehead atoms. The Kier molecular flexibility index (Phi) is 16.0. The molecule has 3 saturated heterocycles. The largest absolute Gasteiger partial charge is 0.497 e. The van der Waals surface area contributed by atoms with Crippen LogP contribution in [0.4, 0.5) is 0 Å². The summed E-state index contributed by atoms with van der Waals surface area (Å²) in [5.74, 6) is -0.203. The number of Topliss-reactive ketones (excluding diaryl/α,β-unsaturated/α-hetero) is 1. The van der Waals surface area contributed by atoms with E-state index in [-0.39, 0.29) is 30.0 Å². The lowest BCUT2D eigenvalue weighted by Crippen LogP contribution is -2.56. The van der Waals surface area contributed by atoms with Gasteiger partial charge >= 0.3 is 5.97 Å². The molecule has 3 fully saturated rings. The Labute approximate surface area is 314 Å². The number of nitrogens with zero attached hydrogens (tertiary/aromatic N) is 4. The average molecular weight is 731 g/mol. The standard InChI is InChI=1S/C41H70N4O7/c1-12-16-45-25-28(2)21-36(49-11)38(52-37-24-33(42(8)9)22-29(3)50-37)30(4)39(46)41(6,7)40(47)51-31(5)35(45)27-44-19-17-43(18-20-44)26-32-14-13-15-34(23-32)48-10/h13-15,23,28-31,33,35-38H,12,16-22,24-27H2,1-11H3/t28-,29-,30-,31+,33+,35+,36-,37+,38-/m1/s1. The highest BCUT2D eigenvalue weighted by Crippen LogP contribution is 2.34. The Morgan fingerprint density at radius 2 is 1.65 bits per heavy atom. The zero-order chi connectivity index (χ0) is 38.2. The minimum Gasteiger partial charge on any atom is -0.497 e. The van der Waals surface area contributed by atoms with Crippen molar-refractivity contribution in [1.82, 2.24) is 19.6 Å². The zero-order valence-corrected chi connectivity index (χ0v) is 34.1. The van der Waals surface area contributed by atoms with Gasteiger partial charge in [0.2, 0.25) is 0 Å². The second kappa shape index (κ2) is 19.5. The van der Waals surface area contributed by atoms with Crippen molar-refractivity contribution in [2.45, 2.75) is 123 Å². The monoisotopic (exact) mass is 731 g/mol. The van der Waals surface area contributed by atoms with E-state index >= 15 is 0 Å². The SMILES string of the molecule is CCCN1C[C@H](C)C[C@@H](OC)[C@H](O[C@H]2C[C@@H](N(C)C)C[C@@H](C)O2)[C@@H](C)C(=O)C(C)(C)C(=O)O[C@@H](C)[C@@H]1CN1CCN(Cc2cccc(OC)c2)CC1. The molecule has 11 heteroatoms. The van der Waals surface area contributed by atoms with E-state index in [1.807, 2.05) is 26.0 Å². The number of hydrogen-bond donors (Lipinski definition) is 0. The average Bonchev–Trinajstić information content (AvgIpc) is 3.11. The van der Waals surface area contributed by atoms with Crippen molar-refractivity contribution in [1.29, 1.82) is 0 Å². The van der Waals surface area contributed by atoms with Crippen LogP contribution < -0.4 is 4.74 Å². The van der Waals surface area contributed by atoms with Gasteiger partial charge in [-0.05, 0) is 91.2 Å². The lowest BCUT2D eigenvalue weighted by molar-refractivity contribution is -0.246. The molecular formula is C41H70N4O7. The highest BCUT2D eigenvalue weighted by atomic mass is 16.7. The fraction of sp³-hybridized carbons (Fsp3) is 0.805. The number of ketones is 1. The van der Waals surface area contributed by atoms with Gasteiger partial charge in [-0.1, -0.05) is 32.9 Å². The number of rotatable bonds is 11. The van der Waals surface area contributed by atoms with Gasteiger partial charge in [0.15, 0.2) is 12.1 Å². The number of ether oxygens (including phenoxy) is 5. The Morgan fingerprint density at radius 3 is 2.29 bits per heavy atom. The summed E-state index contributed by atoms with van der Waals surface area (Å²) < 4.78 is 31.0. The van der Waals surface area contributed by atoms with Crippen LogP contribution in [0, 0.1) is 17.3 Å². The summed E-state index contributed by atoms with van der Waals surface area (Å²) in [6, 6.07) is 8.56. The van der Waals surface area contributed by atoms with Crippen LogP contribution in [0.2, 0.25) is 0 Å². The summed E-state index contributed by atoms with van der Waals surface area (Å²) in [5.41, 5.74) is -0.120. The number of benzene rings is 1. The summed E-state index contributed by atoms with van der Waals surface area (Å²) in [5, 5.41) is 0. The van der Waals surface area contributed by atoms with Crippen molar-refractivity contribution in [3.05, 3.63) is 29.8 Å². The minimum atomic E-state index is -1.37. The maximum atomic E-state index is 14.4. The topological polar surface area (TPSA) is 93.2 Å². The first kappa shape index (κ1) is 42.6. The van der Waals surface area contributed by atoms with Crippen LogP contribution >= 0.6 is 0 Å². The van der Waals surface area contributed by atoms with Crippen LogP contribution in [0.1, 0.15) is 79.7 Å². The quantitative estimate of drug-likeness (QED) is 0.229. The lowest BCUT2D eigenvalue weighted by atomic mass is 9.78. The van der Waals surface area contributed by atoms with E-state index in [4.69, 9.17) is 23.7 Å². The highest BCUT2D eigenvalue weighted by molar-refractivity contribution is 6.04. The fourth-order valence-electron chi connectivity index (χ4n) is 8.40. The lowest BCUT2D eigenvalue weighted by Gasteiger charge is -2.42. The van der Waals surface area contributed by atoms with Crippen LogP contribution in [0.25, 0.3) is 0 Å². The van der Waals surface area contributed by atoms with Gasteiger partial charge in [-0.3, -0.25) is 24.3 Å². The van der Waals surface area contributed by atoms with Gasteiger partial charge in [0.1, 0.15) is 17.3 Å². The number of hydrogen-bond acceptors (Lipinski definition) is 11. The number of piperazine rings is 1. The number of carbonyl (C=O) groups is 2. The van der Waals surface area contributed by atoms with Crippen LogP contribution in [0.15, 0.2) is 24.3 Å². The third kappa shape index (κ3) is 11.2. The van der Waals surface area contributed by atoms with E-state index < -0.39 is 35.8 Å². The number of methoxy groups -OCH3 is 2. The second-order valence-electron chi connectivity index (χ2n) is 16.6. The molecule has 0 saturated carbocycles. The predicted molar refractivity (Wildman–Crippen MR) is 204 cm³/mol. The molecule has 0 amide bonds. The van der Waals surface area contributed by atoms with Gasteiger partial charge in [0.25, 0.3) is 0 Å². The molecule has 0 aromatic heterocycles. The molecule has 0 spiro atoms. The van der Waals surface area contributed by atoms with Crippen molar-refractivity contribution in [3.8, 4) is 5.75 Å². The third-order valence-electron chi connectivity index (χ3n) is 11.6. The molecule has 1 aromatic carbocycles. The Balaban J connectivity index is 1.55. The highest BCUT2D eigenvalue weighted by Gasteiger charge is 2.47. The van der Waals surface area contributed by atoms with E-state index in [9.17, 15) is 9.59 Å². The van der Waals surface area contributed by atoms with Gasteiger partial charge in [0.05, 0.1) is 31.5 Å². The van der Waals surface area contributed by atoms with E-state index in [0.29, 0.717) is 18.9 Å². The molecule has 11 nitrogen and oxygen atoms in total. The smallest absolute Gasteiger partial charge is 0.319 e. The van der Waals surface area contributed by atoms with Crippen molar-refractivity contribution >= 4 is 11.8 Å². The van der Waals surface area contributed by atoms with E-state index in [2.05, 4.69) is 66.6 Å². The van der Waals surface area contributed by atoms with Gasteiger partial charge in [-0.15, -0.1) is 0 Å². The zero-order valence-electron chi connectivity index (χ0n) is 34.1. The molecular weight excluding hydrogens is 660 g/mol. The normalized spacial score (nSPS) is 33.6. The van der Waals surface area contributed by atoms with Crippen molar-refractivity contribution < 1.29 is 33.3 Å². The van der Waals surface area contributed by atoms with Crippen molar-refractivity contribution in [2.24, 2.45) is 17.3 Å². The molecule has 9 atom stereocenters. The first-order chi connectivity index (χ1) is 24.7. The molecule has 296 valence electrons. The summed E-state index contributed by atoms with van der Waals surface area (Å²) in [6.45, 7) is 20.9. The number of esters is 1. The summed E-state index contributed by atoms with van der Waals surface area (Å²) >= 11 is 0. The summed E-state index contributed by atoms with van der Waals surface area (Å²) in [7, 11) is 7.58. The Morgan fingerprint density at radius 1 is 0.962 bits per heavy atom. The minimum absolute atomic E-state index is 0.0234. The first-order valence-corrected chi connectivity index (χ1v) is 19.7. The molecule has 0 radical (unpaired) electrons. The number of carbonyl (C=O) groups excluding carboxylic acids is 2. The molecule has 0 aliphatic carbocycles. The van der Waals surface area contributed by atoms with Gasteiger partial charge in [-0.2, -0.15) is 0 Å². The summed E-state index contributed by atoms with van der Waals surface area (Å²) in [6.07, 6.45) is 1.48. The molecule has 3 aliphatic heterocycles. The Hall–Kier alpha value is -2.12. The van der Waals surface area contributed by atoms with Crippen LogP contribution in [0.3, 0.4) is 0 Å². The van der Waals surface area contributed by atoms with Crippen LogP contribution in [-0.4, -0.2) is 148 Å². The van der Waals surface area contributed by atoms with Gasteiger partial charge in [0, 0.05) is 71.3 Å². The van der Waals surface area contributed by atoms with Crippen LogP contribution in [0.5, 0.6) is 5.75 Å². The second-order valence-corrected chi connectivity index (χ2v) is 16.6. The third-order valence-corrected chi connectivity index (χ3v) is 11.6. The van der Waals surface area contributed by atoms with Crippen molar-refractivity contribution in [3.63, 3.8) is 0 Å². The Bertz CT molecular complexity index is 1270. The van der Waals surface area contributed by atoms with Crippen molar-refractivity contribution in [2.75, 3.05) is 74.1 Å². The van der Waals surface area contributed by atoms with E-state index in [1.165, 1.54) is 5.56 Å². The molecule has 3 aliphatic rings. The molecule has 0 unspecified atom stereocenters. The fourth-order valence-corrected chi connectivity index (χ4v) is 8.40. The molecule has 3 heterocycles. The number of cyclic esters (lactones) is 1. The van der Waals surface area contributed by atoms with E-state index in [0.717, 1.165) is 70.9 Å². The van der Waals surface area contributed by atoms with E-state index in [1.54, 1.807) is 28.1 Å². The predicted octanol–water partition coefficient (Wildman–Crippen LogP) is 4.95. The first-order valence-electron chi connectivity index (χ1n) is 19.7. The van der Waals surface area contributed by atoms with Gasteiger partial charge < -0.3 is 28.6 Å². The maximum Gasteiger partial charge on any atom is 0.319 e. The molecule has 4 rings (SSSR count). The van der Waals surface area contributed by atoms with Crippen LogP contribution in [-0.2, 0) is 35.1 Å². The summed E-state index contributed by atoms with van der Waals surface area (Å²) in [4.78, 5) is 38.1.